The van der Waals surface area contributed by atoms with Crippen molar-refractivity contribution in [1.29, 1.82) is 0 Å². The van der Waals surface area contributed by atoms with Gasteiger partial charge in [-0.3, -0.25) is 4.79 Å². The van der Waals surface area contributed by atoms with Crippen LogP contribution in [0.4, 0.5) is 0 Å². The molecule has 0 radical (unpaired) electrons. The Bertz CT molecular complexity index is 725. The Hall–Kier alpha value is -1.66. The largest absolute Gasteiger partial charge is 0.333 e. The molecule has 1 saturated heterocycles. The zero-order valence-electron chi connectivity index (χ0n) is 14.1. The van der Waals surface area contributed by atoms with Gasteiger partial charge in [0.15, 0.2) is 5.69 Å². The van der Waals surface area contributed by atoms with Gasteiger partial charge < -0.3 is 10.6 Å². The Labute approximate surface area is 151 Å². The lowest BCUT2D eigenvalue weighted by molar-refractivity contribution is 0.0567. The number of carbonyl (C=O) groups is 1. The molecule has 1 aliphatic rings. The Morgan fingerprint density at radius 1 is 1.38 bits per heavy atom. The summed E-state index contributed by atoms with van der Waals surface area (Å²) in [4.78, 5) is 14.8. The maximum atomic E-state index is 12.9. The monoisotopic (exact) mass is 390 g/mol. The quantitative estimate of drug-likeness (QED) is 0.875. The Morgan fingerprint density at radius 2 is 2.08 bits per heavy atom. The van der Waals surface area contributed by atoms with Crippen molar-refractivity contribution in [2.24, 2.45) is 11.7 Å². The molecule has 2 unspecified atom stereocenters. The smallest absolute Gasteiger partial charge is 0.274 e. The maximum Gasteiger partial charge on any atom is 0.274 e. The van der Waals surface area contributed by atoms with Crippen LogP contribution in [0, 0.1) is 12.8 Å². The van der Waals surface area contributed by atoms with Gasteiger partial charge in [0, 0.05) is 29.3 Å². The summed E-state index contributed by atoms with van der Waals surface area (Å²) in [7, 11) is 0. The molecule has 0 saturated carbocycles. The molecule has 0 spiro atoms. The van der Waals surface area contributed by atoms with E-state index in [1.807, 2.05) is 46.8 Å². The van der Waals surface area contributed by atoms with E-state index in [0.717, 1.165) is 35.2 Å². The van der Waals surface area contributed by atoms with Crippen LogP contribution in [0.25, 0.3) is 5.69 Å². The molecule has 24 heavy (non-hydrogen) atoms. The fourth-order valence-corrected chi connectivity index (χ4v) is 3.58. The number of nitrogens with zero attached hydrogens (tertiary/aromatic N) is 3. The normalized spacial score (nSPS) is 21.1. The highest BCUT2D eigenvalue weighted by atomic mass is 79.9. The number of nitrogens with two attached hydrogens (primary N) is 1. The third-order valence-electron chi connectivity index (χ3n) is 4.69. The van der Waals surface area contributed by atoms with E-state index in [9.17, 15) is 4.79 Å². The lowest BCUT2D eigenvalue weighted by atomic mass is 9.92. The van der Waals surface area contributed by atoms with Gasteiger partial charge in [-0.1, -0.05) is 22.9 Å². The minimum absolute atomic E-state index is 0.0173. The van der Waals surface area contributed by atoms with Crippen molar-refractivity contribution in [3.05, 3.63) is 46.2 Å². The summed E-state index contributed by atoms with van der Waals surface area (Å²) in [6, 6.07) is 9.85. The van der Waals surface area contributed by atoms with Crippen molar-refractivity contribution < 1.29 is 4.79 Å². The Balaban J connectivity index is 1.86. The van der Waals surface area contributed by atoms with Crippen molar-refractivity contribution in [1.82, 2.24) is 14.7 Å². The molecule has 5 nitrogen and oxygen atoms in total. The lowest BCUT2D eigenvalue weighted by Crippen LogP contribution is -2.49. The number of hydrogen-bond donors (Lipinski definition) is 1. The lowest BCUT2D eigenvalue weighted by Gasteiger charge is -2.37. The molecule has 2 atom stereocenters. The second-order valence-corrected chi connectivity index (χ2v) is 7.49. The van der Waals surface area contributed by atoms with Gasteiger partial charge in [0.1, 0.15) is 0 Å². The van der Waals surface area contributed by atoms with E-state index in [1.165, 1.54) is 0 Å². The summed E-state index contributed by atoms with van der Waals surface area (Å²) in [5.41, 5.74) is 8.26. The summed E-state index contributed by atoms with van der Waals surface area (Å²) in [6.45, 7) is 5.44. The number of amides is 1. The molecular weight excluding hydrogens is 368 g/mol. The van der Waals surface area contributed by atoms with Gasteiger partial charge in [0.2, 0.25) is 0 Å². The fourth-order valence-electron chi connectivity index (χ4n) is 3.31. The fraction of sp³-hybridized carbons (Fsp3) is 0.444. The first-order valence-electron chi connectivity index (χ1n) is 8.33. The number of hydrogen-bond acceptors (Lipinski definition) is 3. The van der Waals surface area contributed by atoms with Gasteiger partial charge in [-0.25, -0.2) is 4.68 Å². The van der Waals surface area contributed by atoms with E-state index < -0.39 is 0 Å². The molecular formula is C18H23BrN4O. The number of halogens is 1. The molecule has 6 heteroatoms. The minimum Gasteiger partial charge on any atom is -0.333 e. The van der Waals surface area contributed by atoms with E-state index in [1.54, 1.807) is 0 Å². The minimum atomic E-state index is -0.0173. The van der Waals surface area contributed by atoms with Gasteiger partial charge in [0.25, 0.3) is 5.91 Å². The van der Waals surface area contributed by atoms with E-state index in [-0.39, 0.29) is 11.9 Å². The molecule has 2 heterocycles. The molecule has 3 rings (SSSR count). The number of carbonyl (C=O) groups excluding carboxylic acids is 1. The third-order valence-corrected chi connectivity index (χ3v) is 5.22. The predicted molar refractivity (Wildman–Crippen MR) is 98.3 cm³/mol. The molecule has 2 aromatic rings. The van der Waals surface area contributed by atoms with Gasteiger partial charge in [-0.2, -0.15) is 5.10 Å². The number of piperidine rings is 1. The maximum absolute atomic E-state index is 12.9. The topological polar surface area (TPSA) is 64.2 Å². The van der Waals surface area contributed by atoms with Crippen molar-refractivity contribution in [3.8, 4) is 5.69 Å². The second-order valence-electron chi connectivity index (χ2n) is 6.58. The van der Waals surface area contributed by atoms with E-state index >= 15 is 0 Å². The standard InChI is InChI=1S/C18H23BrN4O/c1-12-7-8-22(16(9-12)11-20)18(24)17-10-13(2)23(21-17)15-5-3-14(19)4-6-15/h3-6,10,12,16H,7-9,11,20H2,1-2H3. The molecule has 1 aromatic heterocycles. The molecule has 1 aliphatic heterocycles. The summed E-state index contributed by atoms with van der Waals surface area (Å²) in [5.74, 6) is 0.598. The molecule has 0 aliphatic carbocycles. The molecule has 1 aromatic carbocycles. The van der Waals surface area contributed by atoms with E-state index in [0.29, 0.717) is 18.2 Å². The molecule has 1 fully saturated rings. The first-order valence-corrected chi connectivity index (χ1v) is 9.12. The SMILES string of the molecule is Cc1cc(C(=O)N2CCC(C)CC2CN)nn1-c1ccc(Br)cc1. The summed E-state index contributed by atoms with van der Waals surface area (Å²) >= 11 is 3.43. The zero-order chi connectivity index (χ0) is 17.3. The molecule has 2 N–H and O–H groups in total. The van der Waals surface area contributed by atoms with Crippen LogP contribution in [0.15, 0.2) is 34.8 Å². The average molecular weight is 391 g/mol. The third kappa shape index (κ3) is 3.39. The van der Waals surface area contributed by atoms with Crippen LogP contribution in [0.5, 0.6) is 0 Å². The van der Waals surface area contributed by atoms with Crippen LogP contribution in [0.3, 0.4) is 0 Å². The average Bonchev–Trinajstić information content (AvgIpc) is 2.96. The zero-order valence-corrected chi connectivity index (χ0v) is 15.7. The van der Waals surface area contributed by atoms with Gasteiger partial charge in [-0.15, -0.1) is 0 Å². The van der Waals surface area contributed by atoms with Gasteiger partial charge in [0.05, 0.1) is 5.69 Å². The number of benzene rings is 1. The van der Waals surface area contributed by atoms with Crippen LogP contribution in [-0.4, -0.2) is 39.7 Å². The molecule has 128 valence electrons. The van der Waals surface area contributed by atoms with Crippen LogP contribution in [0.1, 0.15) is 35.9 Å². The van der Waals surface area contributed by atoms with Crippen LogP contribution >= 0.6 is 15.9 Å². The number of likely N-dealkylation sites (tertiary alicyclic amines) is 1. The highest BCUT2D eigenvalue weighted by molar-refractivity contribution is 9.10. The van der Waals surface area contributed by atoms with E-state index in [2.05, 4.69) is 28.0 Å². The van der Waals surface area contributed by atoms with Crippen molar-refractivity contribution in [2.45, 2.75) is 32.7 Å². The van der Waals surface area contributed by atoms with Crippen LogP contribution in [-0.2, 0) is 0 Å². The highest BCUT2D eigenvalue weighted by Gasteiger charge is 2.31. The Morgan fingerprint density at radius 3 is 2.75 bits per heavy atom. The van der Waals surface area contributed by atoms with Crippen molar-refractivity contribution in [3.63, 3.8) is 0 Å². The highest BCUT2D eigenvalue weighted by Crippen LogP contribution is 2.24. The summed E-state index contributed by atoms with van der Waals surface area (Å²) < 4.78 is 2.82. The van der Waals surface area contributed by atoms with Crippen molar-refractivity contribution >= 4 is 21.8 Å². The number of aromatic nitrogens is 2. The first-order chi connectivity index (χ1) is 11.5. The van der Waals surface area contributed by atoms with E-state index in [4.69, 9.17) is 5.73 Å². The first kappa shape index (κ1) is 17.2. The van der Waals surface area contributed by atoms with Gasteiger partial charge >= 0.3 is 0 Å². The number of aryl methyl sites for hydroxylation is 1. The van der Waals surface area contributed by atoms with Crippen LogP contribution < -0.4 is 5.73 Å². The van der Waals surface area contributed by atoms with Crippen molar-refractivity contribution in [2.75, 3.05) is 13.1 Å². The predicted octanol–water partition coefficient (Wildman–Crippen LogP) is 3.14. The van der Waals surface area contributed by atoms with Gasteiger partial charge in [-0.05, 0) is 56.0 Å². The molecule has 1 amide bonds. The van der Waals surface area contributed by atoms with Crippen LogP contribution in [0.2, 0.25) is 0 Å². The second kappa shape index (κ2) is 7.07. The molecule has 0 bridgehead atoms. The Kier molecular flexibility index (Phi) is 5.06. The summed E-state index contributed by atoms with van der Waals surface area (Å²) in [5, 5.41) is 4.54. The number of rotatable bonds is 3. The summed E-state index contributed by atoms with van der Waals surface area (Å²) in [6.07, 6.45) is 1.99.